The van der Waals surface area contributed by atoms with Crippen LogP contribution in [0.4, 0.5) is 0 Å². The summed E-state index contributed by atoms with van der Waals surface area (Å²) >= 11 is 1.57. The van der Waals surface area contributed by atoms with Crippen molar-refractivity contribution in [3.05, 3.63) is 70.2 Å². The van der Waals surface area contributed by atoms with Crippen LogP contribution >= 0.6 is 11.3 Å². The van der Waals surface area contributed by atoms with E-state index in [9.17, 15) is 4.79 Å². The summed E-state index contributed by atoms with van der Waals surface area (Å²) in [5, 5.41) is 5.90. The standard InChI is InChI=1S/C19H19N3OS/c1-14-5-7-15(8-6-14)12-21-18(23)9-10-19-22-17(13-24-19)16-4-2-3-11-20-16/h2-8,11,13H,9-10,12H2,1H3,(H,21,23). The van der Waals surface area contributed by atoms with Gasteiger partial charge in [0, 0.05) is 31.0 Å². The number of nitrogens with zero attached hydrogens (tertiary/aromatic N) is 2. The van der Waals surface area contributed by atoms with Crippen molar-refractivity contribution in [1.82, 2.24) is 15.3 Å². The van der Waals surface area contributed by atoms with E-state index < -0.39 is 0 Å². The largest absolute Gasteiger partial charge is 0.352 e. The molecule has 0 saturated carbocycles. The van der Waals surface area contributed by atoms with Crippen LogP contribution in [0.25, 0.3) is 11.4 Å². The van der Waals surface area contributed by atoms with E-state index in [0.29, 0.717) is 19.4 Å². The fourth-order valence-corrected chi connectivity index (χ4v) is 3.07. The monoisotopic (exact) mass is 337 g/mol. The average molecular weight is 337 g/mol. The number of rotatable bonds is 6. The molecule has 1 N–H and O–H groups in total. The SMILES string of the molecule is Cc1ccc(CNC(=O)CCc2nc(-c3ccccn3)cs2)cc1. The van der Waals surface area contributed by atoms with Crippen molar-refractivity contribution >= 4 is 17.2 Å². The molecule has 122 valence electrons. The predicted molar refractivity (Wildman–Crippen MR) is 96.7 cm³/mol. The molecule has 0 aliphatic rings. The molecule has 0 bridgehead atoms. The molecule has 0 fully saturated rings. The quantitative estimate of drug-likeness (QED) is 0.745. The van der Waals surface area contributed by atoms with Gasteiger partial charge in [-0.2, -0.15) is 0 Å². The van der Waals surface area contributed by atoms with Gasteiger partial charge < -0.3 is 5.32 Å². The molecular formula is C19H19N3OS. The Morgan fingerprint density at radius 3 is 2.71 bits per heavy atom. The Balaban J connectivity index is 1.48. The molecule has 2 heterocycles. The second-order valence-corrected chi connectivity index (χ2v) is 6.55. The van der Waals surface area contributed by atoms with Gasteiger partial charge in [-0.1, -0.05) is 35.9 Å². The highest BCUT2D eigenvalue weighted by Gasteiger charge is 2.08. The summed E-state index contributed by atoms with van der Waals surface area (Å²) in [6, 6.07) is 13.9. The van der Waals surface area contributed by atoms with E-state index in [4.69, 9.17) is 0 Å². The molecule has 4 nitrogen and oxygen atoms in total. The third-order valence-electron chi connectivity index (χ3n) is 3.66. The highest BCUT2D eigenvalue weighted by atomic mass is 32.1. The molecule has 5 heteroatoms. The summed E-state index contributed by atoms with van der Waals surface area (Å²) in [5.41, 5.74) is 4.07. The lowest BCUT2D eigenvalue weighted by Gasteiger charge is -2.05. The molecule has 0 spiro atoms. The van der Waals surface area contributed by atoms with Gasteiger partial charge in [0.25, 0.3) is 0 Å². The molecule has 1 amide bonds. The van der Waals surface area contributed by atoms with Crippen LogP contribution in [-0.4, -0.2) is 15.9 Å². The van der Waals surface area contributed by atoms with Gasteiger partial charge in [0.15, 0.2) is 0 Å². The van der Waals surface area contributed by atoms with Gasteiger partial charge >= 0.3 is 0 Å². The lowest BCUT2D eigenvalue weighted by molar-refractivity contribution is -0.121. The number of thiazole rings is 1. The van der Waals surface area contributed by atoms with E-state index in [2.05, 4.69) is 34.3 Å². The summed E-state index contributed by atoms with van der Waals surface area (Å²) in [6.07, 6.45) is 2.85. The summed E-state index contributed by atoms with van der Waals surface area (Å²) in [5.74, 6) is 0.0464. The molecule has 1 aromatic carbocycles. The Labute approximate surface area is 145 Å². The lowest BCUT2D eigenvalue weighted by Crippen LogP contribution is -2.22. The van der Waals surface area contributed by atoms with Crippen LogP contribution in [0, 0.1) is 6.92 Å². The number of hydrogen-bond acceptors (Lipinski definition) is 4. The predicted octanol–water partition coefficient (Wildman–Crippen LogP) is 3.76. The second-order valence-electron chi connectivity index (χ2n) is 5.60. The molecule has 2 aromatic heterocycles. The Morgan fingerprint density at radius 2 is 1.96 bits per heavy atom. The molecular weight excluding hydrogens is 318 g/mol. The number of nitrogens with one attached hydrogen (secondary N) is 1. The zero-order valence-electron chi connectivity index (χ0n) is 13.5. The summed E-state index contributed by atoms with van der Waals surface area (Å²) in [7, 11) is 0. The second kappa shape index (κ2) is 7.84. The Hall–Kier alpha value is -2.53. The van der Waals surface area contributed by atoms with Crippen molar-refractivity contribution in [2.24, 2.45) is 0 Å². The van der Waals surface area contributed by atoms with Crippen LogP contribution < -0.4 is 5.32 Å². The fourth-order valence-electron chi connectivity index (χ4n) is 2.27. The van der Waals surface area contributed by atoms with E-state index in [1.54, 1.807) is 17.5 Å². The highest BCUT2D eigenvalue weighted by molar-refractivity contribution is 7.09. The maximum absolute atomic E-state index is 12.0. The normalized spacial score (nSPS) is 10.5. The van der Waals surface area contributed by atoms with E-state index in [1.165, 1.54) is 5.56 Å². The first-order valence-electron chi connectivity index (χ1n) is 7.89. The molecule has 0 aliphatic carbocycles. The topological polar surface area (TPSA) is 54.9 Å². The lowest BCUT2D eigenvalue weighted by atomic mass is 10.1. The van der Waals surface area contributed by atoms with Crippen LogP contribution in [0.2, 0.25) is 0 Å². The van der Waals surface area contributed by atoms with Crippen molar-refractivity contribution in [1.29, 1.82) is 0 Å². The van der Waals surface area contributed by atoms with Gasteiger partial charge in [0.1, 0.15) is 0 Å². The molecule has 0 atom stereocenters. The first-order valence-corrected chi connectivity index (χ1v) is 8.77. The molecule has 3 rings (SSSR count). The van der Waals surface area contributed by atoms with Crippen LogP contribution in [-0.2, 0) is 17.8 Å². The minimum atomic E-state index is 0.0464. The van der Waals surface area contributed by atoms with Crippen molar-refractivity contribution < 1.29 is 4.79 Å². The van der Waals surface area contributed by atoms with Gasteiger partial charge in [0.05, 0.1) is 16.4 Å². The third-order valence-corrected chi connectivity index (χ3v) is 4.56. The van der Waals surface area contributed by atoms with E-state index in [0.717, 1.165) is 22.0 Å². The van der Waals surface area contributed by atoms with Crippen molar-refractivity contribution in [2.75, 3.05) is 0 Å². The highest BCUT2D eigenvalue weighted by Crippen LogP contribution is 2.20. The number of carbonyl (C=O) groups excluding carboxylic acids is 1. The van der Waals surface area contributed by atoms with Crippen LogP contribution in [0.5, 0.6) is 0 Å². The maximum Gasteiger partial charge on any atom is 0.220 e. The first kappa shape index (κ1) is 16.3. The van der Waals surface area contributed by atoms with Crippen molar-refractivity contribution in [3.8, 4) is 11.4 Å². The maximum atomic E-state index is 12.0. The zero-order valence-corrected chi connectivity index (χ0v) is 14.3. The number of aromatic nitrogens is 2. The van der Waals surface area contributed by atoms with E-state index in [1.807, 2.05) is 35.7 Å². The van der Waals surface area contributed by atoms with Gasteiger partial charge in [0.2, 0.25) is 5.91 Å². The van der Waals surface area contributed by atoms with Gasteiger partial charge in [-0.05, 0) is 24.6 Å². The van der Waals surface area contributed by atoms with E-state index in [-0.39, 0.29) is 5.91 Å². The molecule has 0 unspecified atom stereocenters. The summed E-state index contributed by atoms with van der Waals surface area (Å²) < 4.78 is 0. The zero-order chi connectivity index (χ0) is 16.8. The first-order chi connectivity index (χ1) is 11.7. The van der Waals surface area contributed by atoms with Gasteiger partial charge in [-0.3, -0.25) is 9.78 Å². The number of benzene rings is 1. The minimum Gasteiger partial charge on any atom is -0.352 e. The fraction of sp³-hybridized carbons (Fsp3) is 0.211. The molecule has 24 heavy (non-hydrogen) atoms. The molecule has 0 radical (unpaired) electrons. The summed E-state index contributed by atoms with van der Waals surface area (Å²) in [6.45, 7) is 2.62. The van der Waals surface area contributed by atoms with Gasteiger partial charge in [-0.15, -0.1) is 11.3 Å². The van der Waals surface area contributed by atoms with Gasteiger partial charge in [-0.25, -0.2) is 4.98 Å². The summed E-state index contributed by atoms with van der Waals surface area (Å²) in [4.78, 5) is 20.8. The smallest absolute Gasteiger partial charge is 0.220 e. The van der Waals surface area contributed by atoms with Crippen LogP contribution in [0.1, 0.15) is 22.6 Å². The van der Waals surface area contributed by atoms with E-state index >= 15 is 0 Å². The van der Waals surface area contributed by atoms with Crippen LogP contribution in [0.15, 0.2) is 54.0 Å². The number of aryl methyl sites for hydroxylation is 2. The number of carbonyl (C=O) groups is 1. The number of amides is 1. The Kier molecular flexibility index (Phi) is 5.33. The molecule has 0 saturated heterocycles. The van der Waals surface area contributed by atoms with Crippen molar-refractivity contribution in [2.45, 2.75) is 26.3 Å². The average Bonchev–Trinajstić information content (AvgIpc) is 3.09. The number of hydrogen-bond donors (Lipinski definition) is 1. The molecule has 3 aromatic rings. The minimum absolute atomic E-state index is 0.0464. The van der Waals surface area contributed by atoms with Crippen LogP contribution in [0.3, 0.4) is 0 Å². The van der Waals surface area contributed by atoms with Crippen molar-refractivity contribution in [3.63, 3.8) is 0 Å². The Morgan fingerprint density at radius 1 is 1.12 bits per heavy atom. The third kappa shape index (κ3) is 4.49. The Bertz CT molecular complexity index is 797. The number of pyridine rings is 1. The molecule has 0 aliphatic heterocycles.